The highest BCUT2D eigenvalue weighted by Gasteiger charge is 2.42. The van der Waals surface area contributed by atoms with Gasteiger partial charge in [0, 0.05) is 50.4 Å². The number of carbonyl (C=O) groups excluding carboxylic acids is 3. The highest BCUT2D eigenvalue weighted by atomic mass is 16.2. The predicted octanol–water partition coefficient (Wildman–Crippen LogP) is 1.58. The molecule has 2 aliphatic rings. The van der Waals surface area contributed by atoms with Gasteiger partial charge in [0.25, 0.3) is 0 Å². The molecule has 0 unspecified atom stereocenters. The zero-order chi connectivity index (χ0) is 22.2. The fourth-order valence-electron chi connectivity index (χ4n) is 4.56. The normalized spacial score (nSPS) is 22.8. The number of amides is 4. The summed E-state index contributed by atoms with van der Waals surface area (Å²) in [5.74, 6) is -0.151. The molecule has 3 atom stereocenters. The summed E-state index contributed by atoms with van der Waals surface area (Å²) in [5, 5.41) is 8.94. The van der Waals surface area contributed by atoms with Crippen LogP contribution in [0.2, 0.25) is 0 Å². The van der Waals surface area contributed by atoms with E-state index in [0.29, 0.717) is 32.5 Å². The minimum absolute atomic E-state index is 0.0356. The molecule has 1 saturated heterocycles. The van der Waals surface area contributed by atoms with Gasteiger partial charge >= 0.3 is 6.03 Å². The molecule has 1 saturated carbocycles. The summed E-state index contributed by atoms with van der Waals surface area (Å²) in [4.78, 5) is 41.2. The largest absolute Gasteiger partial charge is 0.370 e. The van der Waals surface area contributed by atoms with E-state index in [2.05, 4.69) is 39.9 Å². The molecule has 4 amide bonds. The van der Waals surface area contributed by atoms with E-state index in [1.165, 1.54) is 0 Å². The first-order valence-electron chi connectivity index (χ1n) is 11.4. The first-order valence-corrected chi connectivity index (χ1v) is 11.4. The number of anilines is 1. The van der Waals surface area contributed by atoms with E-state index in [1.54, 1.807) is 4.90 Å². The lowest BCUT2D eigenvalue weighted by molar-refractivity contribution is -0.125. The molecule has 2 fully saturated rings. The van der Waals surface area contributed by atoms with Crippen molar-refractivity contribution in [2.24, 2.45) is 11.8 Å². The molecule has 1 aromatic carbocycles. The fraction of sp³-hybridized carbons (Fsp3) is 0.609. The number of nitrogens with zero attached hydrogens (tertiary/aromatic N) is 2. The number of carbonyl (C=O) groups is 3. The van der Waals surface area contributed by atoms with Crippen molar-refractivity contribution in [1.82, 2.24) is 20.9 Å². The van der Waals surface area contributed by atoms with E-state index in [1.807, 2.05) is 25.1 Å². The summed E-state index contributed by atoms with van der Waals surface area (Å²) in [7, 11) is 0. The van der Waals surface area contributed by atoms with Crippen LogP contribution in [0.3, 0.4) is 0 Å². The number of para-hydroxylation sites is 1. The summed E-state index contributed by atoms with van der Waals surface area (Å²) in [6.07, 6.45) is 2.16. The van der Waals surface area contributed by atoms with Crippen LogP contribution >= 0.6 is 0 Å². The van der Waals surface area contributed by atoms with E-state index in [4.69, 9.17) is 0 Å². The van der Waals surface area contributed by atoms with E-state index >= 15 is 0 Å². The Labute approximate surface area is 184 Å². The molecule has 1 heterocycles. The van der Waals surface area contributed by atoms with Gasteiger partial charge in [0.05, 0.1) is 0 Å². The van der Waals surface area contributed by atoms with Gasteiger partial charge in [-0.25, -0.2) is 4.79 Å². The Kier molecular flexibility index (Phi) is 8.14. The predicted molar refractivity (Wildman–Crippen MR) is 121 cm³/mol. The van der Waals surface area contributed by atoms with Gasteiger partial charge in [0.15, 0.2) is 0 Å². The van der Waals surface area contributed by atoms with Crippen molar-refractivity contribution in [3.05, 3.63) is 30.3 Å². The van der Waals surface area contributed by atoms with E-state index in [9.17, 15) is 14.4 Å². The summed E-state index contributed by atoms with van der Waals surface area (Å²) in [5.41, 5.74) is 1.14. The second kappa shape index (κ2) is 11.0. The van der Waals surface area contributed by atoms with E-state index < -0.39 is 0 Å². The van der Waals surface area contributed by atoms with Crippen LogP contribution in [-0.4, -0.2) is 68.1 Å². The Balaban J connectivity index is 1.50. The standard InChI is InChI=1S/C23H35N5O3/c1-3-10-25-23(31)28-15-18-13-17(14-20(18)26-21(29)16-28)22(30)24-11-12-27(4-2)19-8-6-5-7-9-19/h5-9,17-18,20H,3-4,10-16H2,1-2H3,(H,24,30)(H,25,31)(H,26,29)/t17-,18+,20+/m0/s1. The molecular weight excluding hydrogens is 394 g/mol. The number of rotatable bonds is 8. The maximum atomic E-state index is 12.8. The lowest BCUT2D eigenvalue weighted by Crippen LogP contribution is -2.44. The highest BCUT2D eigenvalue weighted by molar-refractivity contribution is 5.85. The van der Waals surface area contributed by atoms with Crippen molar-refractivity contribution in [1.29, 1.82) is 0 Å². The summed E-state index contributed by atoms with van der Waals surface area (Å²) >= 11 is 0. The minimum Gasteiger partial charge on any atom is -0.370 e. The molecule has 8 nitrogen and oxygen atoms in total. The topological polar surface area (TPSA) is 93.8 Å². The van der Waals surface area contributed by atoms with Gasteiger partial charge in [-0.2, -0.15) is 0 Å². The van der Waals surface area contributed by atoms with Crippen LogP contribution in [0.15, 0.2) is 30.3 Å². The van der Waals surface area contributed by atoms with Crippen molar-refractivity contribution in [2.45, 2.75) is 39.2 Å². The summed E-state index contributed by atoms with van der Waals surface area (Å²) in [6.45, 7) is 7.45. The highest BCUT2D eigenvalue weighted by Crippen LogP contribution is 2.33. The Morgan fingerprint density at radius 1 is 1.13 bits per heavy atom. The molecule has 0 aromatic heterocycles. The lowest BCUT2D eigenvalue weighted by Gasteiger charge is -2.24. The first-order chi connectivity index (χ1) is 15.0. The molecule has 3 N–H and O–H groups in total. The minimum atomic E-state index is -0.203. The number of benzene rings is 1. The number of hydrogen-bond donors (Lipinski definition) is 3. The van der Waals surface area contributed by atoms with Crippen LogP contribution in [0.1, 0.15) is 33.1 Å². The smallest absolute Gasteiger partial charge is 0.317 e. The van der Waals surface area contributed by atoms with Crippen LogP contribution in [0.5, 0.6) is 0 Å². The molecule has 1 aliphatic heterocycles. The van der Waals surface area contributed by atoms with Gasteiger partial charge in [0.2, 0.25) is 11.8 Å². The second-order valence-electron chi connectivity index (χ2n) is 8.42. The average Bonchev–Trinajstić information content (AvgIpc) is 3.09. The average molecular weight is 430 g/mol. The van der Waals surface area contributed by atoms with Gasteiger partial charge < -0.3 is 25.8 Å². The molecule has 0 radical (unpaired) electrons. The molecule has 170 valence electrons. The van der Waals surface area contributed by atoms with Crippen molar-refractivity contribution >= 4 is 23.5 Å². The van der Waals surface area contributed by atoms with Crippen molar-refractivity contribution in [3.63, 3.8) is 0 Å². The zero-order valence-corrected chi connectivity index (χ0v) is 18.6. The van der Waals surface area contributed by atoms with Crippen LogP contribution in [-0.2, 0) is 9.59 Å². The molecule has 31 heavy (non-hydrogen) atoms. The maximum Gasteiger partial charge on any atom is 0.317 e. The molecule has 0 bridgehead atoms. The Morgan fingerprint density at radius 2 is 1.90 bits per heavy atom. The van der Waals surface area contributed by atoms with Crippen molar-refractivity contribution in [2.75, 3.05) is 44.2 Å². The van der Waals surface area contributed by atoms with E-state index in [0.717, 1.165) is 25.2 Å². The zero-order valence-electron chi connectivity index (χ0n) is 18.6. The number of urea groups is 1. The fourth-order valence-corrected chi connectivity index (χ4v) is 4.56. The van der Waals surface area contributed by atoms with Gasteiger partial charge in [-0.15, -0.1) is 0 Å². The second-order valence-corrected chi connectivity index (χ2v) is 8.42. The monoisotopic (exact) mass is 429 g/mol. The Hall–Kier alpha value is -2.77. The molecular formula is C23H35N5O3. The van der Waals surface area contributed by atoms with Crippen LogP contribution in [0.25, 0.3) is 0 Å². The van der Waals surface area contributed by atoms with Gasteiger partial charge in [-0.05, 0) is 44.2 Å². The van der Waals surface area contributed by atoms with Crippen LogP contribution in [0, 0.1) is 11.8 Å². The third kappa shape index (κ3) is 6.12. The van der Waals surface area contributed by atoms with Crippen LogP contribution < -0.4 is 20.9 Å². The molecule has 3 rings (SSSR count). The van der Waals surface area contributed by atoms with Gasteiger partial charge in [0.1, 0.15) is 6.54 Å². The first kappa shape index (κ1) is 22.9. The molecule has 8 heteroatoms. The third-order valence-corrected chi connectivity index (χ3v) is 6.20. The Bertz CT molecular complexity index is 757. The van der Waals surface area contributed by atoms with Crippen molar-refractivity contribution < 1.29 is 14.4 Å². The number of fused-ring (bicyclic) bond motifs is 1. The quantitative estimate of drug-likeness (QED) is 0.585. The number of nitrogens with one attached hydrogen (secondary N) is 3. The van der Waals surface area contributed by atoms with Crippen LogP contribution in [0.4, 0.5) is 10.5 Å². The van der Waals surface area contributed by atoms with Gasteiger partial charge in [-0.3, -0.25) is 9.59 Å². The van der Waals surface area contributed by atoms with E-state index in [-0.39, 0.29) is 42.3 Å². The third-order valence-electron chi connectivity index (χ3n) is 6.20. The number of likely N-dealkylation sites (N-methyl/N-ethyl adjacent to an activating group) is 1. The molecule has 0 spiro atoms. The maximum absolute atomic E-state index is 12.8. The summed E-state index contributed by atoms with van der Waals surface area (Å²) < 4.78 is 0. The SMILES string of the molecule is CCCNC(=O)N1CC(=O)N[C@@H]2C[C@@H](C(=O)NCCN(CC)c3ccccc3)C[C@@H]2C1. The Morgan fingerprint density at radius 3 is 2.61 bits per heavy atom. The molecule has 1 aromatic rings. The van der Waals surface area contributed by atoms with Crippen molar-refractivity contribution in [3.8, 4) is 0 Å². The van der Waals surface area contributed by atoms with Gasteiger partial charge in [-0.1, -0.05) is 25.1 Å². The lowest BCUT2D eigenvalue weighted by atomic mass is 10.0. The number of hydrogen-bond acceptors (Lipinski definition) is 4. The molecule has 1 aliphatic carbocycles. The summed E-state index contributed by atoms with van der Waals surface area (Å²) in [6, 6.07) is 9.91.